The third-order valence-corrected chi connectivity index (χ3v) is 7.22. The van der Waals surface area contributed by atoms with Crippen LogP contribution in [0, 0.1) is 0 Å². The Morgan fingerprint density at radius 1 is 1.02 bits per heavy atom. The van der Waals surface area contributed by atoms with E-state index in [0.29, 0.717) is 63.9 Å². The van der Waals surface area contributed by atoms with Gasteiger partial charge in [0.15, 0.2) is 5.82 Å². The van der Waals surface area contributed by atoms with Crippen LogP contribution in [0.15, 0.2) is 36.4 Å². The lowest BCUT2D eigenvalue weighted by Gasteiger charge is -2.36. The maximum Gasteiger partial charge on any atom is 0.409 e. The molecule has 2 aromatic rings. The second-order valence-corrected chi connectivity index (χ2v) is 10.1. The number of unbranched alkanes of at least 4 members (excludes halogenated alkanes) is 1. The monoisotopic (exact) mass is 552 g/mol. The number of benzene rings is 1. The third-order valence-electron chi connectivity index (χ3n) is 7.22. The number of hydrogen-bond acceptors (Lipinski definition) is 8. The molecule has 1 saturated heterocycles. The van der Waals surface area contributed by atoms with Crippen LogP contribution in [0.3, 0.4) is 0 Å². The summed E-state index contributed by atoms with van der Waals surface area (Å²) in [6.07, 6.45) is 5.67. The van der Waals surface area contributed by atoms with Crippen molar-refractivity contribution in [3.8, 4) is 17.3 Å². The zero-order valence-electron chi connectivity index (χ0n) is 23.2. The summed E-state index contributed by atoms with van der Waals surface area (Å²) in [7, 11) is 0. The minimum absolute atomic E-state index is 0.0632. The highest BCUT2D eigenvalue weighted by atomic mass is 16.6. The molecule has 0 spiro atoms. The minimum atomic E-state index is -0.748. The van der Waals surface area contributed by atoms with Crippen molar-refractivity contribution >= 4 is 17.9 Å². The van der Waals surface area contributed by atoms with Crippen molar-refractivity contribution in [2.24, 2.45) is 5.73 Å². The molecule has 40 heavy (non-hydrogen) atoms. The SMILES string of the molecule is CCOC(=O)N1CCN(C(=O)[C@H](CCCCN)NC(=O)c2cc(OC3CCCC3)nc(-c3ccccc3)n2)CC1. The van der Waals surface area contributed by atoms with E-state index in [2.05, 4.69) is 15.3 Å². The molecule has 1 aromatic heterocycles. The highest BCUT2D eigenvalue weighted by Gasteiger charge is 2.31. The average Bonchev–Trinajstić information content (AvgIpc) is 3.50. The summed E-state index contributed by atoms with van der Waals surface area (Å²) in [6, 6.07) is 10.2. The predicted octanol–water partition coefficient (Wildman–Crippen LogP) is 2.99. The van der Waals surface area contributed by atoms with Crippen LogP contribution in [0.2, 0.25) is 0 Å². The summed E-state index contributed by atoms with van der Waals surface area (Å²) in [4.78, 5) is 51.5. The second-order valence-electron chi connectivity index (χ2n) is 10.1. The van der Waals surface area contributed by atoms with Gasteiger partial charge < -0.3 is 30.3 Å². The fourth-order valence-electron chi connectivity index (χ4n) is 5.02. The van der Waals surface area contributed by atoms with Crippen molar-refractivity contribution in [3.05, 3.63) is 42.1 Å². The van der Waals surface area contributed by atoms with E-state index in [9.17, 15) is 14.4 Å². The first-order valence-electron chi connectivity index (χ1n) is 14.3. The zero-order chi connectivity index (χ0) is 28.3. The average molecular weight is 553 g/mol. The van der Waals surface area contributed by atoms with Crippen molar-refractivity contribution in [3.63, 3.8) is 0 Å². The summed E-state index contributed by atoms with van der Waals surface area (Å²) in [6.45, 7) is 4.05. The van der Waals surface area contributed by atoms with Gasteiger partial charge in [0.2, 0.25) is 11.8 Å². The Balaban J connectivity index is 1.50. The Morgan fingerprint density at radius 2 is 1.73 bits per heavy atom. The van der Waals surface area contributed by atoms with Crippen LogP contribution in [0.1, 0.15) is 62.4 Å². The van der Waals surface area contributed by atoms with Gasteiger partial charge in [-0.05, 0) is 58.4 Å². The molecular formula is C29H40N6O5. The number of piperazine rings is 1. The van der Waals surface area contributed by atoms with Gasteiger partial charge >= 0.3 is 6.09 Å². The molecule has 11 nitrogen and oxygen atoms in total. The number of rotatable bonds is 11. The molecule has 216 valence electrons. The standard InChI is InChI=1S/C29H40N6O5/c1-2-39-29(38)35-18-16-34(17-19-35)28(37)23(14-8-9-15-30)32-27(36)24-20-25(40-22-12-6-7-13-22)33-26(31-24)21-10-4-3-5-11-21/h3-5,10-11,20,22-23H,2,6-9,12-19,30H2,1H3,(H,32,36)/t23-/m0/s1. The molecule has 4 rings (SSSR count). The number of carbonyl (C=O) groups is 3. The molecule has 0 bridgehead atoms. The molecule has 3 N–H and O–H groups in total. The van der Waals surface area contributed by atoms with Crippen LogP contribution in [0.25, 0.3) is 11.4 Å². The molecule has 2 aliphatic rings. The van der Waals surface area contributed by atoms with Crippen molar-refractivity contribution in [1.82, 2.24) is 25.1 Å². The van der Waals surface area contributed by atoms with Crippen LogP contribution in [-0.4, -0.2) is 89.2 Å². The molecule has 2 heterocycles. The van der Waals surface area contributed by atoms with E-state index in [1.54, 1.807) is 22.8 Å². The lowest BCUT2D eigenvalue weighted by molar-refractivity contribution is -0.135. The number of ether oxygens (including phenoxy) is 2. The van der Waals surface area contributed by atoms with Crippen LogP contribution in [0.5, 0.6) is 5.88 Å². The van der Waals surface area contributed by atoms with Crippen LogP contribution >= 0.6 is 0 Å². The van der Waals surface area contributed by atoms with E-state index >= 15 is 0 Å². The molecular weight excluding hydrogens is 512 g/mol. The molecule has 1 aliphatic heterocycles. The fraction of sp³-hybridized carbons (Fsp3) is 0.552. The molecule has 0 unspecified atom stereocenters. The summed E-state index contributed by atoms with van der Waals surface area (Å²) in [5.74, 6) is 0.0927. The Hall–Kier alpha value is -3.73. The maximum absolute atomic E-state index is 13.5. The largest absolute Gasteiger partial charge is 0.474 e. The number of nitrogens with one attached hydrogen (secondary N) is 1. The van der Waals surface area contributed by atoms with Gasteiger partial charge in [-0.1, -0.05) is 30.3 Å². The topological polar surface area (TPSA) is 140 Å². The molecule has 1 aliphatic carbocycles. The normalized spacial score (nSPS) is 16.4. The van der Waals surface area contributed by atoms with E-state index in [-0.39, 0.29) is 23.8 Å². The highest BCUT2D eigenvalue weighted by molar-refractivity contribution is 5.96. The fourth-order valence-corrected chi connectivity index (χ4v) is 5.02. The Kier molecular flexibility index (Phi) is 10.7. The van der Waals surface area contributed by atoms with Crippen molar-refractivity contribution in [2.45, 2.75) is 64.0 Å². The van der Waals surface area contributed by atoms with Gasteiger partial charge in [-0.25, -0.2) is 9.78 Å². The van der Waals surface area contributed by atoms with E-state index in [0.717, 1.165) is 37.7 Å². The number of nitrogens with two attached hydrogens (primary N) is 1. The molecule has 11 heteroatoms. The van der Waals surface area contributed by atoms with Gasteiger partial charge in [0, 0.05) is 37.8 Å². The summed E-state index contributed by atoms with van der Waals surface area (Å²) >= 11 is 0. The van der Waals surface area contributed by atoms with Gasteiger partial charge in [0.25, 0.3) is 5.91 Å². The quantitative estimate of drug-likeness (QED) is 0.406. The Morgan fingerprint density at radius 3 is 2.40 bits per heavy atom. The molecule has 1 atom stereocenters. The van der Waals surface area contributed by atoms with E-state index in [1.165, 1.54) is 0 Å². The van der Waals surface area contributed by atoms with E-state index < -0.39 is 11.9 Å². The van der Waals surface area contributed by atoms with Gasteiger partial charge in [-0.3, -0.25) is 9.59 Å². The number of amides is 3. The van der Waals surface area contributed by atoms with Gasteiger partial charge in [0.1, 0.15) is 17.8 Å². The van der Waals surface area contributed by atoms with Gasteiger partial charge in [-0.2, -0.15) is 4.98 Å². The van der Waals surface area contributed by atoms with E-state index in [1.807, 2.05) is 30.3 Å². The first-order chi connectivity index (χ1) is 19.5. The Labute approximate surface area is 235 Å². The summed E-state index contributed by atoms with van der Waals surface area (Å²) in [5.41, 5.74) is 6.60. The smallest absolute Gasteiger partial charge is 0.409 e. The van der Waals surface area contributed by atoms with Crippen LogP contribution in [-0.2, 0) is 9.53 Å². The molecule has 0 radical (unpaired) electrons. The third kappa shape index (κ3) is 7.91. The molecule has 1 saturated carbocycles. The molecule has 1 aromatic carbocycles. The summed E-state index contributed by atoms with van der Waals surface area (Å²) < 4.78 is 11.2. The highest BCUT2D eigenvalue weighted by Crippen LogP contribution is 2.25. The van der Waals surface area contributed by atoms with Crippen molar-refractivity contribution in [1.29, 1.82) is 0 Å². The lowest BCUT2D eigenvalue weighted by Crippen LogP contribution is -2.56. The van der Waals surface area contributed by atoms with E-state index in [4.69, 9.17) is 15.2 Å². The second kappa shape index (κ2) is 14.6. The number of aromatic nitrogens is 2. The lowest BCUT2D eigenvalue weighted by atomic mass is 10.1. The van der Waals surface area contributed by atoms with Crippen LogP contribution < -0.4 is 15.8 Å². The minimum Gasteiger partial charge on any atom is -0.474 e. The number of hydrogen-bond donors (Lipinski definition) is 2. The summed E-state index contributed by atoms with van der Waals surface area (Å²) in [5, 5.41) is 2.92. The van der Waals surface area contributed by atoms with Gasteiger partial charge in [0.05, 0.1) is 6.61 Å². The Bertz CT molecular complexity index is 1130. The maximum atomic E-state index is 13.5. The van der Waals surface area contributed by atoms with Crippen molar-refractivity contribution in [2.75, 3.05) is 39.3 Å². The predicted molar refractivity (Wildman–Crippen MR) is 150 cm³/mol. The molecule has 3 amide bonds. The van der Waals surface area contributed by atoms with Gasteiger partial charge in [-0.15, -0.1) is 0 Å². The number of carbonyl (C=O) groups excluding carboxylic acids is 3. The first kappa shape index (κ1) is 29.3. The van der Waals surface area contributed by atoms with Crippen LogP contribution in [0.4, 0.5) is 4.79 Å². The van der Waals surface area contributed by atoms with Crippen molar-refractivity contribution < 1.29 is 23.9 Å². The molecule has 2 fully saturated rings. The first-order valence-corrected chi connectivity index (χ1v) is 14.3. The number of nitrogens with zero attached hydrogens (tertiary/aromatic N) is 4. The zero-order valence-corrected chi connectivity index (χ0v) is 23.2.